The molecule has 0 spiro atoms. The normalized spacial score (nSPS) is 27.8. The Morgan fingerprint density at radius 3 is 2.72 bits per heavy atom. The van der Waals surface area contributed by atoms with Gasteiger partial charge in [0, 0.05) is 12.6 Å². The van der Waals surface area contributed by atoms with Gasteiger partial charge >= 0.3 is 0 Å². The highest BCUT2D eigenvalue weighted by Crippen LogP contribution is 2.15. The Morgan fingerprint density at radius 1 is 1.33 bits per heavy atom. The predicted molar refractivity (Wildman–Crippen MR) is 73.3 cm³/mol. The Kier molecular flexibility index (Phi) is 5.01. The topological polar surface area (TPSA) is 35.6 Å². The standard InChI is InChI=1S/C14H27N3O/c1-3-7-13-14(18)17(11-15-13)12(2)10-16-8-5-4-6-9-16/h12-13,15H,3-11H2,1-2H3. The minimum absolute atomic E-state index is 0.0683. The Labute approximate surface area is 111 Å². The van der Waals surface area contributed by atoms with Crippen molar-refractivity contribution in [1.29, 1.82) is 0 Å². The highest BCUT2D eigenvalue weighted by atomic mass is 16.2. The average Bonchev–Trinajstić information content (AvgIpc) is 2.73. The van der Waals surface area contributed by atoms with Crippen LogP contribution in [0.5, 0.6) is 0 Å². The molecule has 2 fully saturated rings. The summed E-state index contributed by atoms with van der Waals surface area (Å²) in [6.45, 7) is 8.50. The third kappa shape index (κ3) is 3.23. The van der Waals surface area contributed by atoms with Gasteiger partial charge in [0.05, 0.1) is 12.7 Å². The zero-order chi connectivity index (χ0) is 13.0. The number of hydrogen-bond acceptors (Lipinski definition) is 3. The van der Waals surface area contributed by atoms with E-state index in [0.29, 0.717) is 11.9 Å². The van der Waals surface area contributed by atoms with Gasteiger partial charge in [-0.3, -0.25) is 10.1 Å². The van der Waals surface area contributed by atoms with E-state index >= 15 is 0 Å². The quantitative estimate of drug-likeness (QED) is 0.805. The van der Waals surface area contributed by atoms with E-state index in [9.17, 15) is 4.79 Å². The Hall–Kier alpha value is -0.610. The molecule has 2 aliphatic rings. The van der Waals surface area contributed by atoms with Crippen LogP contribution in [0.25, 0.3) is 0 Å². The summed E-state index contributed by atoms with van der Waals surface area (Å²) in [5.74, 6) is 0.307. The fourth-order valence-corrected chi connectivity index (χ4v) is 3.08. The van der Waals surface area contributed by atoms with Crippen molar-refractivity contribution in [3.8, 4) is 0 Å². The molecule has 0 bridgehead atoms. The number of hydrogen-bond donors (Lipinski definition) is 1. The second-order valence-electron chi connectivity index (χ2n) is 5.72. The minimum Gasteiger partial charge on any atom is -0.325 e. The molecule has 1 N–H and O–H groups in total. The van der Waals surface area contributed by atoms with Crippen molar-refractivity contribution in [3.05, 3.63) is 0 Å². The molecule has 2 aliphatic heterocycles. The first-order chi connectivity index (χ1) is 8.72. The predicted octanol–water partition coefficient (Wildman–Crippen LogP) is 1.42. The summed E-state index contributed by atoms with van der Waals surface area (Å²) in [7, 11) is 0. The molecule has 104 valence electrons. The molecule has 2 heterocycles. The van der Waals surface area contributed by atoms with Crippen LogP contribution in [-0.2, 0) is 4.79 Å². The highest BCUT2D eigenvalue weighted by Gasteiger charge is 2.33. The molecule has 4 heteroatoms. The monoisotopic (exact) mass is 253 g/mol. The fourth-order valence-electron chi connectivity index (χ4n) is 3.08. The van der Waals surface area contributed by atoms with Gasteiger partial charge in [-0.1, -0.05) is 19.8 Å². The van der Waals surface area contributed by atoms with Gasteiger partial charge in [0.15, 0.2) is 0 Å². The lowest BCUT2D eigenvalue weighted by molar-refractivity contribution is -0.131. The van der Waals surface area contributed by atoms with E-state index in [-0.39, 0.29) is 6.04 Å². The summed E-state index contributed by atoms with van der Waals surface area (Å²) >= 11 is 0. The minimum atomic E-state index is 0.0683. The first kappa shape index (κ1) is 13.8. The number of rotatable bonds is 5. The van der Waals surface area contributed by atoms with Crippen LogP contribution in [0.3, 0.4) is 0 Å². The lowest BCUT2D eigenvalue weighted by Gasteiger charge is -2.32. The van der Waals surface area contributed by atoms with Crippen molar-refractivity contribution in [3.63, 3.8) is 0 Å². The lowest BCUT2D eigenvalue weighted by Crippen LogP contribution is -2.45. The molecule has 2 atom stereocenters. The van der Waals surface area contributed by atoms with E-state index in [1.54, 1.807) is 0 Å². The molecule has 2 unspecified atom stereocenters. The summed E-state index contributed by atoms with van der Waals surface area (Å²) in [5.41, 5.74) is 0. The van der Waals surface area contributed by atoms with E-state index < -0.39 is 0 Å². The van der Waals surface area contributed by atoms with Crippen molar-refractivity contribution < 1.29 is 4.79 Å². The maximum Gasteiger partial charge on any atom is 0.241 e. The first-order valence-corrected chi connectivity index (χ1v) is 7.48. The zero-order valence-electron chi connectivity index (χ0n) is 11.8. The second-order valence-corrected chi connectivity index (χ2v) is 5.72. The van der Waals surface area contributed by atoms with Crippen LogP contribution < -0.4 is 5.32 Å². The maximum absolute atomic E-state index is 12.2. The van der Waals surface area contributed by atoms with Crippen molar-refractivity contribution in [1.82, 2.24) is 15.1 Å². The Balaban J connectivity index is 1.81. The average molecular weight is 253 g/mol. The molecule has 0 aliphatic carbocycles. The van der Waals surface area contributed by atoms with E-state index in [1.165, 1.54) is 32.4 Å². The molecule has 0 aromatic heterocycles. The molecule has 4 nitrogen and oxygen atoms in total. The summed E-state index contributed by atoms with van der Waals surface area (Å²) in [6, 6.07) is 0.406. The third-order valence-corrected chi connectivity index (χ3v) is 4.17. The van der Waals surface area contributed by atoms with Crippen LogP contribution in [0.4, 0.5) is 0 Å². The molecule has 2 saturated heterocycles. The van der Waals surface area contributed by atoms with Gasteiger partial charge < -0.3 is 9.80 Å². The van der Waals surface area contributed by atoms with Gasteiger partial charge in [-0.25, -0.2) is 0 Å². The number of nitrogens with zero attached hydrogens (tertiary/aromatic N) is 2. The molecule has 0 aromatic rings. The number of nitrogens with one attached hydrogen (secondary N) is 1. The highest BCUT2D eigenvalue weighted by molar-refractivity contribution is 5.84. The summed E-state index contributed by atoms with van der Waals surface area (Å²) < 4.78 is 0. The third-order valence-electron chi connectivity index (χ3n) is 4.17. The van der Waals surface area contributed by atoms with Crippen molar-refractivity contribution in [2.75, 3.05) is 26.3 Å². The van der Waals surface area contributed by atoms with Crippen LogP contribution in [0.2, 0.25) is 0 Å². The van der Waals surface area contributed by atoms with Crippen molar-refractivity contribution in [2.24, 2.45) is 0 Å². The second kappa shape index (κ2) is 6.53. The van der Waals surface area contributed by atoms with Crippen LogP contribution in [0.15, 0.2) is 0 Å². The smallest absolute Gasteiger partial charge is 0.241 e. The number of likely N-dealkylation sites (tertiary alicyclic amines) is 1. The number of carbonyl (C=O) groups excluding carboxylic acids is 1. The lowest BCUT2D eigenvalue weighted by atomic mass is 10.1. The van der Waals surface area contributed by atoms with E-state index in [2.05, 4.69) is 24.1 Å². The number of carbonyl (C=O) groups is 1. The maximum atomic E-state index is 12.2. The molecule has 0 radical (unpaired) electrons. The molecular formula is C14H27N3O. The van der Waals surface area contributed by atoms with Gasteiger partial charge in [-0.2, -0.15) is 0 Å². The first-order valence-electron chi connectivity index (χ1n) is 7.48. The molecule has 0 saturated carbocycles. The van der Waals surface area contributed by atoms with Crippen molar-refractivity contribution in [2.45, 2.75) is 58.0 Å². The summed E-state index contributed by atoms with van der Waals surface area (Å²) in [4.78, 5) is 16.8. The van der Waals surface area contributed by atoms with E-state index in [1.807, 2.05) is 4.90 Å². The fraction of sp³-hybridized carbons (Fsp3) is 0.929. The zero-order valence-corrected chi connectivity index (χ0v) is 11.8. The summed E-state index contributed by atoms with van der Waals surface area (Å²) in [5, 5.41) is 3.33. The van der Waals surface area contributed by atoms with Crippen LogP contribution in [-0.4, -0.2) is 54.1 Å². The molecule has 1 amide bonds. The van der Waals surface area contributed by atoms with Gasteiger partial charge in [0.1, 0.15) is 0 Å². The molecule has 2 rings (SSSR count). The van der Waals surface area contributed by atoms with E-state index in [4.69, 9.17) is 0 Å². The number of amides is 1. The van der Waals surface area contributed by atoms with E-state index in [0.717, 1.165) is 26.1 Å². The van der Waals surface area contributed by atoms with Gasteiger partial charge in [0.2, 0.25) is 5.91 Å². The number of piperidine rings is 1. The Bertz CT molecular complexity index is 276. The van der Waals surface area contributed by atoms with Gasteiger partial charge in [-0.05, 0) is 39.3 Å². The molecular weight excluding hydrogens is 226 g/mol. The van der Waals surface area contributed by atoms with Gasteiger partial charge in [0.25, 0.3) is 0 Å². The van der Waals surface area contributed by atoms with Crippen molar-refractivity contribution >= 4 is 5.91 Å². The molecule has 0 aromatic carbocycles. The summed E-state index contributed by atoms with van der Waals surface area (Å²) in [6.07, 6.45) is 6.03. The van der Waals surface area contributed by atoms with Gasteiger partial charge in [-0.15, -0.1) is 0 Å². The van der Waals surface area contributed by atoms with Crippen LogP contribution in [0, 0.1) is 0 Å². The van der Waals surface area contributed by atoms with Crippen LogP contribution in [0.1, 0.15) is 46.0 Å². The largest absolute Gasteiger partial charge is 0.325 e. The Morgan fingerprint density at radius 2 is 2.06 bits per heavy atom. The SMILES string of the molecule is CCCC1NCN(C(C)CN2CCCCC2)C1=O. The molecule has 18 heavy (non-hydrogen) atoms. The van der Waals surface area contributed by atoms with Crippen LogP contribution >= 0.6 is 0 Å².